The van der Waals surface area contributed by atoms with E-state index < -0.39 is 0 Å². The number of aromatic nitrogens is 2. The molecule has 0 spiro atoms. The van der Waals surface area contributed by atoms with Crippen LogP contribution in [0.4, 0.5) is 0 Å². The maximum atomic E-state index is 12.2. The fraction of sp³-hybridized carbons (Fsp3) is 0.200. The van der Waals surface area contributed by atoms with Crippen LogP contribution in [0.2, 0.25) is 0 Å². The first-order chi connectivity index (χ1) is 12.1. The molecular weight excluding hydrogens is 316 g/mol. The molecule has 2 aromatic heterocycles. The highest BCUT2D eigenvalue weighted by atomic mass is 16.5. The Balaban J connectivity index is 1.85. The van der Waals surface area contributed by atoms with Gasteiger partial charge in [-0.2, -0.15) is 0 Å². The number of nitrogens with zero attached hydrogens (tertiary/aromatic N) is 2. The number of allylic oxidation sites excluding steroid dienone is 1. The van der Waals surface area contributed by atoms with E-state index in [4.69, 9.17) is 9.47 Å². The van der Waals surface area contributed by atoms with Gasteiger partial charge in [0.15, 0.2) is 11.5 Å². The van der Waals surface area contributed by atoms with E-state index in [0.717, 1.165) is 17.5 Å². The second-order valence-corrected chi connectivity index (χ2v) is 5.78. The predicted octanol–water partition coefficient (Wildman–Crippen LogP) is 3.32. The Morgan fingerprint density at radius 1 is 1.20 bits per heavy atom. The lowest BCUT2D eigenvalue weighted by molar-refractivity contribution is 0.280. The third kappa shape index (κ3) is 3.71. The average molecular weight is 336 g/mol. The van der Waals surface area contributed by atoms with Crippen LogP contribution in [0.5, 0.6) is 11.5 Å². The quantitative estimate of drug-likeness (QED) is 0.648. The molecule has 0 saturated carbocycles. The SMILES string of the molecule is C=CCc1ccc(OCc2cc(=O)n3ccc(C)cc3n2)c(OC)c1. The molecule has 0 aliphatic rings. The minimum atomic E-state index is -0.128. The Labute approximate surface area is 146 Å². The molecule has 3 rings (SSSR count). The summed E-state index contributed by atoms with van der Waals surface area (Å²) >= 11 is 0. The third-order valence-corrected chi connectivity index (χ3v) is 3.86. The molecule has 1 aromatic carbocycles. The first-order valence-electron chi connectivity index (χ1n) is 8.00. The number of benzene rings is 1. The molecule has 0 aliphatic carbocycles. The first kappa shape index (κ1) is 16.8. The van der Waals surface area contributed by atoms with Gasteiger partial charge in [-0.1, -0.05) is 12.1 Å². The summed E-state index contributed by atoms with van der Waals surface area (Å²) in [6.07, 6.45) is 4.33. The van der Waals surface area contributed by atoms with Crippen LogP contribution in [0, 0.1) is 6.92 Å². The number of hydrogen-bond donors (Lipinski definition) is 0. The Kier molecular flexibility index (Phi) is 4.84. The normalized spacial score (nSPS) is 10.6. The van der Waals surface area contributed by atoms with E-state index in [2.05, 4.69) is 11.6 Å². The summed E-state index contributed by atoms with van der Waals surface area (Å²) in [5.74, 6) is 1.26. The van der Waals surface area contributed by atoms with Crippen LogP contribution >= 0.6 is 0 Å². The van der Waals surface area contributed by atoms with Gasteiger partial charge in [-0.15, -0.1) is 6.58 Å². The van der Waals surface area contributed by atoms with Crippen molar-refractivity contribution < 1.29 is 9.47 Å². The highest BCUT2D eigenvalue weighted by Crippen LogP contribution is 2.29. The predicted molar refractivity (Wildman–Crippen MR) is 97.4 cm³/mol. The minimum Gasteiger partial charge on any atom is -0.493 e. The van der Waals surface area contributed by atoms with Crippen molar-refractivity contribution in [3.63, 3.8) is 0 Å². The van der Waals surface area contributed by atoms with Crippen LogP contribution in [0.3, 0.4) is 0 Å². The highest BCUT2D eigenvalue weighted by Gasteiger charge is 2.08. The fourth-order valence-corrected chi connectivity index (χ4v) is 2.60. The molecule has 0 atom stereocenters. The van der Waals surface area contributed by atoms with Gasteiger partial charge in [-0.05, 0) is 48.7 Å². The lowest BCUT2D eigenvalue weighted by Gasteiger charge is -2.12. The van der Waals surface area contributed by atoms with Crippen LogP contribution < -0.4 is 15.0 Å². The Hall–Kier alpha value is -3.08. The molecule has 5 nitrogen and oxygen atoms in total. The van der Waals surface area contributed by atoms with Crippen molar-refractivity contribution in [2.45, 2.75) is 20.0 Å². The number of fused-ring (bicyclic) bond motifs is 1. The average Bonchev–Trinajstić information content (AvgIpc) is 2.60. The van der Waals surface area contributed by atoms with Gasteiger partial charge in [-0.3, -0.25) is 9.20 Å². The second kappa shape index (κ2) is 7.21. The van der Waals surface area contributed by atoms with Crippen molar-refractivity contribution in [3.8, 4) is 11.5 Å². The van der Waals surface area contributed by atoms with Crippen LogP contribution in [0.15, 0.2) is 60.0 Å². The molecule has 0 aliphatic heterocycles. The summed E-state index contributed by atoms with van der Waals surface area (Å²) in [5.41, 5.74) is 3.20. The van der Waals surface area contributed by atoms with E-state index >= 15 is 0 Å². The fourth-order valence-electron chi connectivity index (χ4n) is 2.60. The summed E-state index contributed by atoms with van der Waals surface area (Å²) in [6, 6.07) is 11.0. The molecule has 3 aromatic rings. The second-order valence-electron chi connectivity index (χ2n) is 5.78. The van der Waals surface area contributed by atoms with Crippen molar-refractivity contribution in [3.05, 3.63) is 82.4 Å². The summed E-state index contributed by atoms with van der Waals surface area (Å²) in [6.45, 7) is 5.89. The number of pyridine rings is 1. The molecule has 2 heterocycles. The summed E-state index contributed by atoms with van der Waals surface area (Å²) in [7, 11) is 1.60. The monoisotopic (exact) mass is 336 g/mol. The van der Waals surface area contributed by atoms with Gasteiger partial charge >= 0.3 is 0 Å². The largest absolute Gasteiger partial charge is 0.493 e. The molecule has 25 heavy (non-hydrogen) atoms. The van der Waals surface area contributed by atoms with Gasteiger partial charge in [0.05, 0.1) is 12.8 Å². The van der Waals surface area contributed by atoms with Crippen molar-refractivity contribution in [2.24, 2.45) is 0 Å². The molecule has 128 valence electrons. The smallest absolute Gasteiger partial charge is 0.258 e. The van der Waals surface area contributed by atoms with E-state index in [9.17, 15) is 4.79 Å². The van der Waals surface area contributed by atoms with Crippen molar-refractivity contribution in [2.75, 3.05) is 7.11 Å². The van der Waals surface area contributed by atoms with E-state index in [1.165, 1.54) is 10.5 Å². The number of rotatable bonds is 6. The van der Waals surface area contributed by atoms with Gasteiger partial charge in [0.1, 0.15) is 12.3 Å². The zero-order chi connectivity index (χ0) is 17.8. The molecule has 0 saturated heterocycles. The molecule has 0 N–H and O–H groups in total. The Morgan fingerprint density at radius 2 is 2.04 bits per heavy atom. The van der Waals surface area contributed by atoms with E-state index in [0.29, 0.717) is 22.8 Å². The van der Waals surface area contributed by atoms with Crippen LogP contribution in [0.25, 0.3) is 5.65 Å². The van der Waals surface area contributed by atoms with Gasteiger partial charge in [0, 0.05) is 12.3 Å². The summed E-state index contributed by atoms with van der Waals surface area (Å²) < 4.78 is 12.7. The first-order valence-corrected chi connectivity index (χ1v) is 8.00. The maximum absolute atomic E-state index is 12.2. The van der Waals surface area contributed by atoms with E-state index in [1.807, 2.05) is 43.3 Å². The van der Waals surface area contributed by atoms with E-state index in [1.54, 1.807) is 13.3 Å². The topological polar surface area (TPSA) is 52.8 Å². The molecule has 5 heteroatoms. The standard InChI is InChI=1S/C20H20N2O3/c1-4-5-15-6-7-17(18(11-15)24-3)25-13-16-12-20(23)22-9-8-14(2)10-19(22)21-16/h4,6-12H,1,5,13H2,2-3H3. The molecule has 0 unspecified atom stereocenters. The molecule has 0 fully saturated rings. The number of ether oxygens (including phenoxy) is 2. The van der Waals surface area contributed by atoms with Crippen LogP contribution in [-0.2, 0) is 13.0 Å². The minimum absolute atomic E-state index is 0.128. The lowest BCUT2D eigenvalue weighted by Crippen LogP contribution is -2.16. The number of methoxy groups -OCH3 is 1. The van der Waals surface area contributed by atoms with Crippen molar-refractivity contribution in [1.29, 1.82) is 0 Å². The van der Waals surface area contributed by atoms with Gasteiger partial charge < -0.3 is 9.47 Å². The number of aryl methyl sites for hydroxylation is 1. The Bertz CT molecular complexity index is 976. The van der Waals surface area contributed by atoms with Crippen molar-refractivity contribution in [1.82, 2.24) is 9.38 Å². The van der Waals surface area contributed by atoms with Gasteiger partial charge in [0.2, 0.25) is 0 Å². The molecule has 0 bridgehead atoms. The van der Waals surface area contributed by atoms with Crippen LogP contribution in [0.1, 0.15) is 16.8 Å². The number of hydrogen-bond acceptors (Lipinski definition) is 4. The molecule has 0 radical (unpaired) electrons. The zero-order valence-electron chi connectivity index (χ0n) is 14.4. The summed E-state index contributed by atoms with van der Waals surface area (Å²) in [5, 5.41) is 0. The van der Waals surface area contributed by atoms with Gasteiger partial charge in [0.25, 0.3) is 5.56 Å². The Morgan fingerprint density at radius 3 is 2.80 bits per heavy atom. The maximum Gasteiger partial charge on any atom is 0.258 e. The van der Waals surface area contributed by atoms with Crippen molar-refractivity contribution >= 4 is 5.65 Å². The lowest BCUT2D eigenvalue weighted by atomic mass is 10.1. The molecule has 0 amide bonds. The van der Waals surface area contributed by atoms with Gasteiger partial charge in [-0.25, -0.2) is 4.98 Å². The van der Waals surface area contributed by atoms with E-state index in [-0.39, 0.29) is 12.2 Å². The third-order valence-electron chi connectivity index (χ3n) is 3.86. The summed E-state index contributed by atoms with van der Waals surface area (Å²) in [4.78, 5) is 16.7. The zero-order valence-corrected chi connectivity index (χ0v) is 14.4. The molecular formula is C20H20N2O3. The highest BCUT2D eigenvalue weighted by molar-refractivity contribution is 5.44. The van der Waals surface area contributed by atoms with Crippen LogP contribution in [-0.4, -0.2) is 16.5 Å².